The van der Waals surface area contributed by atoms with Gasteiger partial charge in [-0.2, -0.15) is 5.10 Å². The molecule has 3 unspecified atom stereocenters. The normalized spacial score (nSPS) is 28.8. The fourth-order valence-electron chi connectivity index (χ4n) is 4.91. The van der Waals surface area contributed by atoms with E-state index in [0.717, 1.165) is 43.2 Å². The van der Waals surface area contributed by atoms with Gasteiger partial charge in [0.15, 0.2) is 0 Å². The largest absolute Gasteiger partial charge is 0.332 e. The van der Waals surface area contributed by atoms with Gasteiger partial charge in [0.1, 0.15) is 17.7 Å². The van der Waals surface area contributed by atoms with Crippen LogP contribution in [0.25, 0.3) is 5.57 Å². The second-order valence-electron chi connectivity index (χ2n) is 9.24. The lowest BCUT2D eigenvalue weighted by molar-refractivity contribution is -0.137. The zero-order valence-corrected chi connectivity index (χ0v) is 17.2. The highest BCUT2D eigenvalue weighted by molar-refractivity contribution is 5.85. The van der Waals surface area contributed by atoms with Gasteiger partial charge in [0, 0.05) is 24.9 Å². The molecule has 1 saturated heterocycles. The Morgan fingerprint density at radius 3 is 2.78 bits per heavy atom. The summed E-state index contributed by atoms with van der Waals surface area (Å²) >= 11 is 0. The van der Waals surface area contributed by atoms with Gasteiger partial charge in [0.2, 0.25) is 11.9 Å². The molecular formula is C22H22F2N6O2. The Kier molecular flexibility index (Phi) is 4.06. The van der Waals surface area contributed by atoms with Crippen LogP contribution < -0.4 is 5.32 Å². The number of carbonyl (C=O) groups excluding carboxylic acids is 2. The molecule has 2 aromatic rings. The standard InChI is InChI=1S/C22H22F2N6O2/c23-22(24)9-17(22)19(32)30-15-1-2-16(30)8-13(7-15)18-3-6-25-20(28-18)27-14-10-26-29(11-14)21(12-31)4-5-21/h3,6-7,10-12,15-17H,1-2,4-5,8-9H2,(H,25,27,28). The number of nitrogens with one attached hydrogen (secondary N) is 1. The van der Waals surface area contributed by atoms with Crippen molar-refractivity contribution in [2.24, 2.45) is 5.92 Å². The monoisotopic (exact) mass is 440 g/mol. The number of carbonyl (C=O) groups is 2. The molecular weight excluding hydrogens is 418 g/mol. The highest BCUT2D eigenvalue weighted by atomic mass is 19.3. The summed E-state index contributed by atoms with van der Waals surface area (Å²) in [7, 11) is 0. The first-order valence-corrected chi connectivity index (χ1v) is 10.9. The molecule has 2 aliphatic heterocycles. The maximum absolute atomic E-state index is 13.4. The van der Waals surface area contributed by atoms with E-state index in [4.69, 9.17) is 0 Å². The molecule has 8 nitrogen and oxygen atoms in total. The molecule has 3 fully saturated rings. The van der Waals surface area contributed by atoms with Crippen molar-refractivity contribution in [1.82, 2.24) is 24.6 Å². The van der Waals surface area contributed by atoms with E-state index < -0.39 is 23.3 Å². The lowest BCUT2D eigenvalue weighted by atomic mass is 9.98. The average molecular weight is 440 g/mol. The van der Waals surface area contributed by atoms with Gasteiger partial charge >= 0.3 is 0 Å². The van der Waals surface area contributed by atoms with Crippen molar-refractivity contribution in [2.45, 2.75) is 62.1 Å². The van der Waals surface area contributed by atoms with E-state index in [2.05, 4.69) is 20.4 Å². The number of aromatic nitrogens is 4. The van der Waals surface area contributed by atoms with Crippen LogP contribution in [0, 0.1) is 5.92 Å². The minimum absolute atomic E-state index is 0.0634. The molecule has 0 radical (unpaired) electrons. The Hall–Kier alpha value is -3.17. The third-order valence-corrected chi connectivity index (χ3v) is 7.04. The Morgan fingerprint density at radius 1 is 1.28 bits per heavy atom. The van der Waals surface area contributed by atoms with E-state index in [1.807, 2.05) is 12.1 Å². The van der Waals surface area contributed by atoms with Gasteiger partial charge in [0.05, 0.1) is 23.6 Å². The van der Waals surface area contributed by atoms with Gasteiger partial charge in [-0.25, -0.2) is 18.7 Å². The van der Waals surface area contributed by atoms with E-state index in [9.17, 15) is 18.4 Å². The number of hydrogen-bond acceptors (Lipinski definition) is 6. The fourth-order valence-corrected chi connectivity index (χ4v) is 4.91. The molecule has 0 aromatic carbocycles. The minimum Gasteiger partial charge on any atom is -0.332 e. The summed E-state index contributed by atoms with van der Waals surface area (Å²) in [5.41, 5.74) is 1.93. The molecule has 2 saturated carbocycles. The van der Waals surface area contributed by atoms with Crippen molar-refractivity contribution < 1.29 is 18.4 Å². The second-order valence-corrected chi connectivity index (χ2v) is 9.24. The Morgan fingerprint density at radius 2 is 2.09 bits per heavy atom. The molecule has 4 aliphatic rings. The molecule has 2 bridgehead atoms. The lowest BCUT2D eigenvalue weighted by Gasteiger charge is -2.34. The van der Waals surface area contributed by atoms with Gasteiger partial charge in [0.25, 0.3) is 5.92 Å². The summed E-state index contributed by atoms with van der Waals surface area (Å²) < 4.78 is 28.5. The molecule has 2 aliphatic carbocycles. The zero-order chi connectivity index (χ0) is 22.1. The van der Waals surface area contributed by atoms with Crippen molar-refractivity contribution in [2.75, 3.05) is 5.32 Å². The molecule has 10 heteroatoms. The van der Waals surface area contributed by atoms with Crippen LogP contribution in [-0.2, 0) is 15.1 Å². The first kappa shape index (κ1) is 19.5. The van der Waals surface area contributed by atoms with E-state index >= 15 is 0 Å². The van der Waals surface area contributed by atoms with Crippen LogP contribution in [0.1, 0.15) is 44.2 Å². The smallest absolute Gasteiger partial charge is 0.260 e. The molecule has 32 heavy (non-hydrogen) atoms. The highest BCUT2D eigenvalue weighted by Gasteiger charge is 2.63. The van der Waals surface area contributed by atoms with E-state index in [0.29, 0.717) is 18.1 Å². The number of alkyl halides is 2. The Labute approximate surface area is 182 Å². The number of rotatable bonds is 6. The number of nitrogens with zero attached hydrogens (tertiary/aromatic N) is 5. The quantitative estimate of drug-likeness (QED) is 0.695. The fraction of sp³-hybridized carbons (Fsp3) is 0.500. The number of anilines is 2. The van der Waals surface area contributed by atoms with Crippen molar-refractivity contribution >= 4 is 29.4 Å². The van der Waals surface area contributed by atoms with Crippen molar-refractivity contribution in [3.63, 3.8) is 0 Å². The molecule has 166 valence electrons. The Balaban J connectivity index is 1.19. The summed E-state index contributed by atoms with van der Waals surface area (Å²) in [6.07, 6.45) is 11.4. The van der Waals surface area contributed by atoms with Crippen LogP contribution in [0.5, 0.6) is 0 Å². The van der Waals surface area contributed by atoms with E-state index in [1.165, 1.54) is 0 Å². The van der Waals surface area contributed by atoms with Gasteiger partial charge in [-0.3, -0.25) is 9.48 Å². The second kappa shape index (κ2) is 6.66. The zero-order valence-electron chi connectivity index (χ0n) is 17.2. The molecule has 6 rings (SSSR count). The van der Waals surface area contributed by atoms with Gasteiger partial charge in [-0.05, 0) is 43.7 Å². The summed E-state index contributed by atoms with van der Waals surface area (Å²) in [6, 6.07) is 1.60. The molecule has 2 aromatic heterocycles. The molecule has 4 heterocycles. The minimum atomic E-state index is -2.84. The van der Waals surface area contributed by atoms with Crippen molar-refractivity contribution in [3.05, 3.63) is 36.4 Å². The van der Waals surface area contributed by atoms with Crippen LogP contribution in [0.3, 0.4) is 0 Å². The van der Waals surface area contributed by atoms with Crippen LogP contribution in [0.15, 0.2) is 30.7 Å². The van der Waals surface area contributed by atoms with Gasteiger partial charge < -0.3 is 15.0 Å². The first-order chi connectivity index (χ1) is 15.4. The number of hydrogen-bond donors (Lipinski definition) is 1. The first-order valence-electron chi connectivity index (χ1n) is 10.9. The van der Waals surface area contributed by atoms with Crippen molar-refractivity contribution in [1.29, 1.82) is 0 Å². The number of halogens is 2. The Bertz CT molecular complexity index is 1140. The van der Waals surface area contributed by atoms with E-state index in [-0.39, 0.29) is 18.5 Å². The average Bonchev–Trinajstić information content (AvgIpc) is 3.62. The number of fused-ring (bicyclic) bond motifs is 2. The third-order valence-electron chi connectivity index (χ3n) is 7.04. The van der Waals surface area contributed by atoms with Crippen LogP contribution in [-0.4, -0.2) is 54.8 Å². The molecule has 1 N–H and O–H groups in total. The maximum atomic E-state index is 13.4. The number of aldehydes is 1. The van der Waals surface area contributed by atoms with Gasteiger partial charge in [-0.15, -0.1) is 0 Å². The molecule has 1 amide bonds. The maximum Gasteiger partial charge on any atom is 0.260 e. The summed E-state index contributed by atoms with van der Waals surface area (Å²) in [5, 5.41) is 7.41. The van der Waals surface area contributed by atoms with Crippen LogP contribution in [0.4, 0.5) is 20.4 Å². The molecule has 3 atom stereocenters. The van der Waals surface area contributed by atoms with Crippen molar-refractivity contribution in [3.8, 4) is 0 Å². The molecule has 0 spiro atoms. The SMILES string of the molecule is O=CC1(n2cc(Nc3nccc(C4=CC5CCC(C4)N5C(=O)C4CC4(F)F)n3)cn2)CC1. The topological polar surface area (TPSA) is 93.0 Å². The predicted molar refractivity (Wildman–Crippen MR) is 110 cm³/mol. The summed E-state index contributed by atoms with van der Waals surface area (Å²) in [4.78, 5) is 34.5. The van der Waals surface area contributed by atoms with Gasteiger partial charge in [-0.1, -0.05) is 6.08 Å². The summed E-state index contributed by atoms with van der Waals surface area (Å²) in [6.45, 7) is 0. The highest BCUT2D eigenvalue weighted by Crippen LogP contribution is 2.51. The lowest BCUT2D eigenvalue weighted by Crippen LogP contribution is -2.44. The number of amides is 1. The predicted octanol–water partition coefficient (Wildman–Crippen LogP) is 2.91. The summed E-state index contributed by atoms with van der Waals surface area (Å²) in [5.74, 6) is -4.00. The third kappa shape index (κ3) is 3.11. The van der Waals surface area contributed by atoms with Crippen LogP contribution >= 0.6 is 0 Å². The van der Waals surface area contributed by atoms with E-state index in [1.54, 1.807) is 28.2 Å². The van der Waals surface area contributed by atoms with Crippen LogP contribution in [0.2, 0.25) is 0 Å².